The van der Waals surface area contributed by atoms with Crippen molar-refractivity contribution in [2.75, 3.05) is 0 Å². The van der Waals surface area contributed by atoms with Crippen LogP contribution in [-0.2, 0) is 10.8 Å². The average molecular weight is 860 g/mol. The van der Waals surface area contributed by atoms with Gasteiger partial charge in [-0.15, -0.1) is 0 Å². The first kappa shape index (κ1) is 34.3. The molecular weight excluding hydrogens is 824 g/mol. The van der Waals surface area contributed by atoms with E-state index in [1.54, 1.807) is 0 Å². The average Bonchev–Trinajstić information content (AvgIpc) is 4.12. The van der Waals surface area contributed by atoms with E-state index in [-0.39, 0.29) is 25.3 Å². The SMILES string of the molecule is c1ccc2c(c1)-c1ccccc1C21c2ccccc2-c2ccc(-c3ccc4[se]c5ccc(-c6ccc7c(c6)C6(c8ccccc8-c8ccccc86)c6ccccc6-7)cc5c4c3)cc21. The van der Waals surface area contributed by atoms with Crippen molar-refractivity contribution in [1.29, 1.82) is 0 Å². The van der Waals surface area contributed by atoms with Crippen LogP contribution in [-0.4, -0.2) is 14.5 Å². The molecule has 0 unspecified atom stereocenters. The Morgan fingerprint density at radius 1 is 0.222 bits per heavy atom. The number of rotatable bonds is 2. The number of fused-ring (bicyclic) bond motifs is 23. The van der Waals surface area contributed by atoms with Crippen LogP contribution in [0.5, 0.6) is 0 Å². The Balaban J connectivity index is 0.894. The van der Waals surface area contributed by atoms with Crippen molar-refractivity contribution in [2.45, 2.75) is 10.8 Å². The van der Waals surface area contributed by atoms with E-state index in [2.05, 4.69) is 218 Å². The Labute approximate surface area is 372 Å². The van der Waals surface area contributed by atoms with Crippen molar-refractivity contribution in [2.24, 2.45) is 0 Å². The zero-order chi connectivity index (χ0) is 41.0. The molecule has 0 atom stereocenters. The zero-order valence-electron chi connectivity index (χ0n) is 34.2. The Kier molecular flexibility index (Phi) is 6.65. The summed E-state index contributed by atoms with van der Waals surface area (Å²) >= 11 is 0.254. The third-order valence-electron chi connectivity index (χ3n) is 15.1. The molecule has 2 spiro atoms. The summed E-state index contributed by atoms with van der Waals surface area (Å²) < 4.78 is 2.93. The van der Waals surface area contributed by atoms with Crippen molar-refractivity contribution in [3.05, 3.63) is 263 Å². The van der Waals surface area contributed by atoms with Gasteiger partial charge in [0.05, 0.1) is 0 Å². The quantitative estimate of drug-likeness (QED) is 0.152. The molecule has 1 heteroatoms. The second-order valence-corrected chi connectivity index (χ2v) is 20.1. The topological polar surface area (TPSA) is 0 Å². The molecule has 290 valence electrons. The van der Waals surface area contributed by atoms with E-state index >= 15 is 0 Å². The van der Waals surface area contributed by atoms with E-state index in [1.165, 1.54) is 131 Å². The van der Waals surface area contributed by atoms with E-state index in [4.69, 9.17) is 0 Å². The minimum atomic E-state index is -0.352. The molecule has 63 heavy (non-hydrogen) atoms. The normalized spacial score (nSPS) is 14.6. The molecule has 0 amide bonds. The van der Waals surface area contributed by atoms with Crippen molar-refractivity contribution >= 4 is 33.8 Å². The fourth-order valence-corrected chi connectivity index (χ4v) is 14.9. The van der Waals surface area contributed by atoms with Gasteiger partial charge in [0.15, 0.2) is 0 Å². The minimum absolute atomic E-state index is 0.254. The van der Waals surface area contributed by atoms with E-state index in [0.29, 0.717) is 0 Å². The predicted octanol–water partition coefficient (Wildman–Crippen LogP) is 15.1. The molecule has 1 aromatic heterocycles. The van der Waals surface area contributed by atoms with Crippen LogP contribution in [0.15, 0.2) is 218 Å². The van der Waals surface area contributed by atoms with Crippen LogP contribution in [0.25, 0.3) is 86.1 Å². The van der Waals surface area contributed by atoms with Crippen LogP contribution < -0.4 is 0 Å². The molecule has 0 bridgehead atoms. The molecule has 0 radical (unpaired) electrons. The fraction of sp³-hybridized carbons (Fsp3) is 0.0323. The molecule has 15 rings (SSSR count). The van der Waals surface area contributed by atoms with E-state index < -0.39 is 0 Å². The summed E-state index contributed by atoms with van der Waals surface area (Å²) in [7, 11) is 0. The number of hydrogen-bond acceptors (Lipinski definition) is 0. The zero-order valence-corrected chi connectivity index (χ0v) is 35.9. The standard InChI is InChI=1S/C62H36Se/c1-7-19-51-41(13-1)42-14-2-8-20-52(42)61(51)55-23-11-5-17-45(55)47-29-25-39(35-57(47)61)37-27-31-59-49(33-37)50-34-38(28-32-60(50)63-59)40-26-30-48-46-18-6-12-24-56(46)62(58(48)36-40)53-21-9-3-15-43(53)44-16-4-10-22-54(44)62/h1-36H. The van der Waals surface area contributed by atoms with E-state index in [0.717, 1.165) is 0 Å². The monoisotopic (exact) mass is 860 g/mol. The molecule has 4 aliphatic carbocycles. The third-order valence-corrected chi connectivity index (χ3v) is 17.5. The third kappa shape index (κ3) is 4.18. The van der Waals surface area contributed by atoms with Crippen LogP contribution in [0.2, 0.25) is 0 Å². The van der Waals surface area contributed by atoms with Gasteiger partial charge in [-0.2, -0.15) is 0 Å². The van der Waals surface area contributed by atoms with Gasteiger partial charge in [-0.3, -0.25) is 0 Å². The molecule has 11 aromatic rings. The molecule has 1 heterocycles. The van der Waals surface area contributed by atoms with Gasteiger partial charge in [-0.1, -0.05) is 0 Å². The molecular formula is C62H36Se. The first-order chi connectivity index (χ1) is 31.2. The van der Waals surface area contributed by atoms with E-state index in [1.807, 2.05) is 0 Å². The second kappa shape index (κ2) is 12.2. The van der Waals surface area contributed by atoms with Gasteiger partial charge in [-0.05, 0) is 0 Å². The van der Waals surface area contributed by atoms with Gasteiger partial charge in [0.25, 0.3) is 0 Å². The summed E-state index contributed by atoms with van der Waals surface area (Å²) in [4.78, 5) is 0. The fourth-order valence-electron chi connectivity index (χ4n) is 12.7. The van der Waals surface area contributed by atoms with Crippen molar-refractivity contribution < 1.29 is 0 Å². The Morgan fingerprint density at radius 2 is 0.476 bits per heavy atom. The van der Waals surface area contributed by atoms with Gasteiger partial charge >= 0.3 is 374 Å². The molecule has 0 N–H and O–H groups in total. The van der Waals surface area contributed by atoms with E-state index in [9.17, 15) is 0 Å². The summed E-state index contributed by atoms with van der Waals surface area (Å²) in [6, 6.07) is 83.6. The Morgan fingerprint density at radius 3 is 0.794 bits per heavy atom. The van der Waals surface area contributed by atoms with Crippen molar-refractivity contribution in [1.82, 2.24) is 0 Å². The van der Waals surface area contributed by atoms with Crippen LogP contribution >= 0.6 is 0 Å². The maximum atomic E-state index is 2.52. The molecule has 4 aliphatic rings. The molecule has 10 aromatic carbocycles. The van der Waals surface area contributed by atoms with Crippen molar-refractivity contribution in [3.8, 4) is 66.8 Å². The maximum absolute atomic E-state index is 2.52. The summed E-state index contributed by atoms with van der Waals surface area (Å²) in [5.74, 6) is 0. The molecule has 0 nitrogen and oxygen atoms in total. The summed E-state index contributed by atoms with van der Waals surface area (Å²) in [6.45, 7) is 0. The number of hydrogen-bond donors (Lipinski definition) is 0. The Bertz CT molecular complexity index is 3440. The van der Waals surface area contributed by atoms with Crippen LogP contribution in [0, 0.1) is 0 Å². The van der Waals surface area contributed by atoms with Gasteiger partial charge < -0.3 is 0 Å². The summed E-state index contributed by atoms with van der Waals surface area (Å²) in [5, 5.41) is 2.76. The predicted molar refractivity (Wildman–Crippen MR) is 262 cm³/mol. The molecule has 0 aliphatic heterocycles. The first-order valence-corrected chi connectivity index (χ1v) is 23.8. The Hall–Kier alpha value is -7.28. The van der Waals surface area contributed by atoms with Crippen LogP contribution in [0.3, 0.4) is 0 Å². The van der Waals surface area contributed by atoms with Crippen LogP contribution in [0.4, 0.5) is 0 Å². The summed E-state index contributed by atoms with van der Waals surface area (Å²) in [6.07, 6.45) is 0. The van der Waals surface area contributed by atoms with Gasteiger partial charge in [0.2, 0.25) is 0 Å². The van der Waals surface area contributed by atoms with Gasteiger partial charge in [0, 0.05) is 0 Å². The van der Waals surface area contributed by atoms with Crippen LogP contribution in [0.1, 0.15) is 44.5 Å². The van der Waals surface area contributed by atoms with Gasteiger partial charge in [0.1, 0.15) is 0 Å². The van der Waals surface area contributed by atoms with Gasteiger partial charge in [-0.25, -0.2) is 0 Å². The first-order valence-electron chi connectivity index (χ1n) is 22.1. The molecule has 0 saturated carbocycles. The molecule has 0 fully saturated rings. The number of benzene rings is 10. The summed E-state index contributed by atoms with van der Waals surface area (Å²) in [5.41, 5.74) is 26.2. The molecule has 0 saturated heterocycles. The van der Waals surface area contributed by atoms with Crippen molar-refractivity contribution in [3.63, 3.8) is 0 Å². The second-order valence-electron chi connectivity index (χ2n) is 17.8.